The summed E-state index contributed by atoms with van der Waals surface area (Å²) < 4.78 is 2.14. The van der Waals surface area contributed by atoms with Crippen LogP contribution in [0.2, 0.25) is 0 Å². The summed E-state index contributed by atoms with van der Waals surface area (Å²) in [4.78, 5) is 0. The lowest BCUT2D eigenvalue weighted by molar-refractivity contribution is 0.592. The molecule has 0 amide bonds. The molecule has 0 spiro atoms. The summed E-state index contributed by atoms with van der Waals surface area (Å²) in [6, 6.07) is 2.17. The van der Waals surface area contributed by atoms with Crippen molar-refractivity contribution in [2.45, 2.75) is 38.0 Å². The summed E-state index contributed by atoms with van der Waals surface area (Å²) in [5, 5.41) is 13.7. The van der Waals surface area contributed by atoms with E-state index in [0.29, 0.717) is 6.54 Å². The number of aryl methyl sites for hydroxylation is 1. The number of rotatable bonds is 7. The molecule has 4 nitrogen and oxygen atoms in total. The van der Waals surface area contributed by atoms with Crippen molar-refractivity contribution >= 4 is 23.1 Å². The Labute approximate surface area is 116 Å². The number of aromatic nitrogens is 3. The van der Waals surface area contributed by atoms with Crippen LogP contribution in [0, 0.1) is 0 Å². The topological polar surface area (TPSA) is 56.7 Å². The first kappa shape index (κ1) is 13.6. The molecule has 0 aliphatic heterocycles. The maximum absolute atomic E-state index is 5.67. The molecule has 0 bridgehead atoms. The van der Waals surface area contributed by atoms with Crippen LogP contribution < -0.4 is 5.73 Å². The Bertz CT molecular complexity index is 464. The van der Waals surface area contributed by atoms with Crippen LogP contribution >= 0.6 is 23.1 Å². The number of hydrogen-bond donors (Lipinski definition) is 1. The van der Waals surface area contributed by atoms with Crippen molar-refractivity contribution in [1.82, 2.24) is 14.8 Å². The molecule has 0 saturated heterocycles. The van der Waals surface area contributed by atoms with Crippen molar-refractivity contribution < 1.29 is 0 Å². The number of hydrogen-bond acceptors (Lipinski definition) is 5. The molecular weight excluding hydrogens is 264 g/mol. The molecule has 98 valence electrons. The van der Waals surface area contributed by atoms with Crippen LogP contribution in [0.25, 0.3) is 0 Å². The standard InChI is InChI=1S/C12H18N4S2/c1-2-5-16-11(8-13)14-15-12(16)18-7-4-10-3-6-17-9-10/h3,6,9H,2,4-5,7-8,13H2,1H3. The number of nitrogens with zero attached hydrogens (tertiary/aromatic N) is 3. The molecular formula is C12H18N4S2. The van der Waals surface area contributed by atoms with Gasteiger partial charge in [-0.1, -0.05) is 18.7 Å². The average molecular weight is 282 g/mol. The lowest BCUT2D eigenvalue weighted by Gasteiger charge is -2.07. The van der Waals surface area contributed by atoms with Gasteiger partial charge in [0.05, 0.1) is 6.54 Å². The van der Waals surface area contributed by atoms with Crippen molar-refractivity contribution in [3.8, 4) is 0 Å². The Morgan fingerprint density at radius 2 is 2.33 bits per heavy atom. The van der Waals surface area contributed by atoms with Gasteiger partial charge in [-0.3, -0.25) is 0 Å². The van der Waals surface area contributed by atoms with Gasteiger partial charge in [-0.15, -0.1) is 10.2 Å². The van der Waals surface area contributed by atoms with E-state index in [2.05, 4.69) is 38.5 Å². The van der Waals surface area contributed by atoms with E-state index < -0.39 is 0 Å². The molecule has 18 heavy (non-hydrogen) atoms. The molecule has 0 aliphatic rings. The summed E-state index contributed by atoms with van der Waals surface area (Å²) in [7, 11) is 0. The predicted molar refractivity (Wildman–Crippen MR) is 77.0 cm³/mol. The predicted octanol–water partition coefficient (Wildman–Crippen LogP) is 2.54. The van der Waals surface area contributed by atoms with Crippen LogP contribution in [0.3, 0.4) is 0 Å². The van der Waals surface area contributed by atoms with E-state index >= 15 is 0 Å². The van der Waals surface area contributed by atoms with Gasteiger partial charge >= 0.3 is 0 Å². The van der Waals surface area contributed by atoms with E-state index in [1.807, 2.05) is 0 Å². The van der Waals surface area contributed by atoms with E-state index in [1.54, 1.807) is 23.1 Å². The molecule has 6 heteroatoms. The summed E-state index contributed by atoms with van der Waals surface area (Å²) in [6.07, 6.45) is 2.15. The summed E-state index contributed by atoms with van der Waals surface area (Å²) >= 11 is 3.51. The zero-order valence-corrected chi connectivity index (χ0v) is 12.1. The molecule has 0 unspecified atom stereocenters. The second-order valence-electron chi connectivity index (χ2n) is 3.98. The zero-order chi connectivity index (χ0) is 12.8. The molecule has 2 N–H and O–H groups in total. The Balaban J connectivity index is 1.94. The molecule has 0 aromatic carbocycles. The highest BCUT2D eigenvalue weighted by atomic mass is 32.2. The summed E-state index contributed by atoms with van der Waals surface area (Å²) in [5.41, 5.74) is 7.07. The first-order chi connectivity index (χ1) is 8.85. The fourth-order valence-electron chi connectivity index (χ4n) is 1.72. The minimum Gasteiger partial charge on any atom is -0.324 e. The van der Waals surface area contributed by atoms with Crippen molar-refractivity contribution in [2.24, 2.45) is 5.73 Å². The molecule has 0 aliphatic carbocycles. The highest BCUT2D eigenvalue weighted by molar-refractivity contribution is 7.99. The first-order valence-electron chi connectivity index (χ1n) is 6.11. The largest absolute Gasteiger partial charge is 0.324 e. The molecule has 2 aromatic rings. The molecule has 2 heterocycles. The van der Waals surface area contributed by atoms with Crippen LogP contribution in [-0.2, 0) is 19.5 Å². The van der Waals surface area contributed by atoms with Gasteiger partial charge in [-0.2, -0.15) is 11.3 Å². The fourth-order valence-corrected chi connectivity index (χ4v) is 3.39. The van der Waals surface area contributed by atoms with Gasteiger partial charge in [-0.05, 0) is 35.2 Å². The Morgan fingerprint density at radius 1 is 1.44 bits per heavy atom. The highest BCUT2D eigenvalue weighted by Crippen LogP contribution is 2.19. The monoisotopic (exact) mass is 282 g/mol. The average Bonchev–Trinajstić information content (AvgIpc) is 3.00. The van der Waals surface area contributed by atoms with Gasteiger partial charge in [-0.25, -0.2) is 0 Å². The second kappa shape index (κ2) is 6.92. The van der Waals surface area contributed by atoms with E-state index in [-0.39, 0.29) is 0 Å². The van der Waals surface area contributed by atoms with Crippen LogP contribution in [0.1, 0.15) is 24.7 Å². The summed E-state index contributed by atoms with van der Waals surface area (Å²) in [6.45, 7) is 3.55. The van der Waals surface area contributed by atoms with Gasteiger partial charge in [0.2, 0.25) is 0 Å². The van der Waals surface area contributed by atoms with Crippen LogP contribution in [-0.4, -0.2) is 20.5 Å². The third-order valence-corrected chi connectivity index (χ3v) is 4.33. The SMILES string of the molecule is CCCn1c(CN)nnc1SCCc1ccsc1. The van der Waals surface area contributed by atoms with Crippen molar-refractivity contribution in [2.75, 3.05) is 5.75 Å². The van der Waals surface area contributed by atoms with Crippen LogP contribution in [0.5, 0.6) is 0 Å². The normalized spacial score (nSPS) is 11.0. The van der Waals surface area contributed by atoms with Crippen LogP contribution in [0.15, 0.2) is 22.0 Å². The van der Waals surface area contributed by atoms with Gasteiger partial charge in [0.25, 0.3) is 0 Å². The van der Waals surface area contributed by atoms with E-state index in [4.69, 9.17) is 5.73 Å². The molecule has 2 aromatic heterocycles. The Kier molecular flexibility index (Phi) is 5.22. The van der Waals surface area contributed by atoms with Gasteiger partial charge in [0.1, 0.15) is 5.82 Å². The smallest absolute Gasteiger partial charge is 0.191 e. The maximum Gasteiger partial charge on any atom is 0.191 e. The second-order valence-corrected chi connectivity index (χ2v) is 5.83. The number of nitrogens with two attached hydrogens (primary N) is 1. The van der Waals surface area contributed by atoms with Crippen molar-refractivity contribution in [3.63, 3.8) is 0 Å². The minimum atomic E-state index is 0.456. The lowest BCUT2D eigenvalue weighted by atomic mass is 10.3. The molecule has 0 saturated carbocycles. The molecule has 0 atom stereocenters. The lowest BCUT2D eigenvalue weighted by Crippen LogP contribution is -2.09. The number of thiophene rings is 1. The summed E-state index contributed by atoms with van der Waals surface area (Å²) in [5.74, 6) is 1.92. The quantitative estimate of drug-likeness (QED) is 0.793. The minimum absolute atomic E-state index is 0.456. The highest BCUT2D eigenvalue weighted by Gasteiger charge is 2.10. The molecule has 0 radical (unpaired) electrons. The van der Waals surface area contributed by atoms with Gasteiger partial charge < -0.3 is 10.3 Å². The molecule has 2 rings (SSSR count). The fraction of sp³-hybridized carbons (Fsp3) is 0.500. The van der Waals surface area contributed by atoms with E-state index in [1.165, 1.54) is 5.56 Å². The maximum atomic E-state index is 5.67. The number of thioether (sulfide) groups is 1. The van der Waals surface area contributed by atoms with Gasteiger partial charge in [0, 0.05) is 12.3 Å². The van der Waals surface area contributed by atoms with Crippen molar-refractivity contribution in [3.05, 3.63) is 28.2 Å². The van der Waals surface area contributed by atoms with Gasteiger partial charge in [0.15, 0.2) is 5.16 Å². The zero-order valence-electron chi connectivity index (χ0n) is 10.5. The third-order valence-electron chi connectivity index (χ3n) is 2.63. The Hall–Kier alpha value is -0.850. The van der Waals surface area contributed by atoms with Crippen molar-refractivity contribution in [1.29, 1.82) is 0 Å². The van der Waals surface area contributed by atoms with E-state index in [9.17, 15) is 0 Å². The third kappa shape index (κ3) is 3.34. The Morgan fingerprint density at radius 3 is 3.00 bits per heavy atom. The van der Waals surface area contributed by atoms with E-state index in [0.717, 1.165) is 36.1 Å². The first-order valence-corrected chi connectivity index (χ1v) is 8.04. The molecule has 0 fully saturated rings. The van der Waals surface area contributed by atoms with Crippen LogP contribution in [0.4, 0.5) is 0 Å².